The Bertz CT molecular complexity index is 458. The van der Waals surface area contributed by atoms with Crippen LogP contribution in [0.15, 0.2) is 23.3 Å². The fourth-order valence-electron chi connectivity index (χ4n) is 1.34. The van der Waals surface area contributed by atoms with E-state index in [-0.39, 0.29) is 0 Å². The number of rotatable bonds is 6. The Labute approximate surface area is 117 Å². The van der Waals surface area contributed by atoms with E-state index in [4.69, 9.17) is 10.00 Å². The maximum atomic E-state index is 8.47. The minimum atomic E-state index is 0.485. The SMILES string of the molecule is CN/C(=N/CCSCc1ncccc1OC)NC#N. The van der Waals surface area contributed by atoms with Gasteiger partial charge in [0.1, 0.15) is 5.75 Å². The number of guanidine groups is 1. The van der Waals surface area contributed by atoms with Crippen molar-refractivity contribution in [3.8, 4) is 11.9 Å². The lowest BCUT2D eigenvalue weighted by Crippen LogP contribution is -2.31. The van der Waals surface area contributed by atoms with E-state index in [0.29, 0.717) is 12.5 Å². The lowest BCUT2D eigenvalue weighted by atomic mass is 10.3. The summed E-state index contributed by atoms with van der Waals surface area (Å²) in [4.78, 5) is 8.48. The molecule has 0 atom stereocenters. The summed E-state index contributed by atoms with van der Waals surface area (Å²) in [5.41, 5.74) is 0.933. The standard InChI is InChI=1S/C12H17N5OS/c1-14-12(17-9-13)16-6-7-19-8-10-11(18-2)4-3-5-15-10/h3-5H,6-8H2,1-2H3,(H2,14,16,17). The summed E-state index contributed by atoms with van der Waals surface area (Å²) in [6, 6.07) is 3.75. The molecule has 0 spiro atoms. The number of pyridine rings is 1. The van der Waals surface area contributed by atoms with Gasteiger partial charge in [-0.25, -0.2) is 0 Å². The smallest absolute Gasteiger partial charge is 0.204 e. The maximum absolute atomic E-state index is 8.47. The van der Waals surface area contributed by atoms with E-state index < -0.39 is 0 Å². The van der Waals surface area contributed by atoms with Gasteiger partial charge in [-0.1, -0.05) is 0 Å². The first-order valence-electron chi connectivity index (χ1n) is 5.74. The Hall–Kier alpha value is -1.94. The van der Waals surface area contributed by atoms with Gasteiger partial charge < -0.3 is 10.1 Å². The van der Waals surface area contributed by atoms with E-state index >= 15 is 0 Å². The zero-order chi connectivity index (χ0) is 13.9. The Morgan fingerprint density at radius 2 is 2.47 bits per heavy atom. The van der Waals surface area contributed by atoms with Crippen molar-refractivity contribution in [1.29, 1.82) is 5.26 Å². The van der Waals surface area contributed by atoms with Crippen LogP contribution in [0, 0.1) is 11.5 Å². The minimum absolute atomic E-state index is 0.485. The molecule has 1 aromatic rings. The zero-order valence-corrected chi connectivity index (χ0v) is 11.8. The first-order valence-corrected chi connectivity index (χ1v) is 6.90. The first kappa shape index (κ1) is 15.1. The fourth-order valence-corrected chi connectivity index (χ4v) is 2.12. The van der Waals surface area contributed by atoms with Crippen molar-refractivity contribution in [2.45, 2.75) is 5.75 Å². The average Bonchev–Trinajstić information content (AvgIpc) is 2.46. The predicted octanol–water partition coefficient (Wildman–Crippen LogP) is 0.969. The first-order chi connectivity index (χ1) is 9.31. The second-order valence-corrected chi connectivity index (χ2v) is 4.53. The van der Waals surface area contributed by atoms with Crippen molar-refractivity contribution >= 4 is 17.7 Å². The van der Waals surface area contributed by atoms with Gasteiger partial charge in [0.25, 0.3) is 0 Å². The van der Waals surface area contributed by atoms with Crippen LogP contribution in [0.3, 0.4) is 0 Å². The van der Waals surface area contributed by atoms with Crippen molar-refractivity contribution in [1.82, 2.24) is 15.6 Å². The normalized spacial score (nSPS) is 10.7. The Kier molecular flexibility index (Phi) is 7.20. The number of hydrogen-bond acceptors (Lipinski definition) is 5. The second-order valence-electron chi connectivity index (χ2n) is 3.42. The van der Waals surface area contributed by atoms with Gasteiger partial charge >= 0.3 is 0 Å². The molecule has 1 aromatic heterocycles. The van der Waals surface area contributed by atoms with Gasteiger partial charge in [0.05, 0.1) is 19.3 Å². The quantitative estimate of drug-likeness (QED) is 0.265. The van der Waals surface area contributed by atoms with Gasteiger partial charge in [0.2, 0.25) is 5.96 Å². The van der Waals surface area contributed by atoms with E-state index in [9.17, 15) is 0 Å². The van der Waals surface area contributed by atoms with Gasteiger partial charge in [-0.3, -0.25) is 15.3 Å². The molecule has 1 heterocycles. The molecule has 0 saturated heterocycles. The molecular weight excluding hydrogens is 262 g/mol. The molecule has 19 heavy (non-hydrogen) atoms. The van der Waals surface area contributed by atoms with E-state index in [0.717, 1.165) is 22.9 Å². The minimum Gasteiger partial charge on any atom is -0.495 e. The molecule has 7 heteroatoms. The third-order valence-electron chi connectivity index (χ3n) is 2.22. The van der Waals surface area contributed by atoms with E-state index in [2.05, 4.69) is 20.6 Å². The van der Waals surface area contributed by atoms with Crippen LogP contribution in [-0.4, -0.2) is 37.4 Å². The van der Waals surface area contributed by atoms with Crippen molar-refractivity contribution in [2.75, 3.05) is 26.5 Å². The molecule has 0 saturated carbocycles. The number of methoxy groups -OCH3 is 1. The topological polar surface area (TPSA) is 82.3 Å². The van der Waals surface area contributed by atoms with E-state index in [1.54, 1.807) is 32.1 Å². The monoisotopic (exact) mass is 279 g/mol. The van der Waals surface area contributed by atoms with Crippen molar-refractivity contribution in [3.05, 3.63) is 24.0 Å². The predicted molar refractivity (Wildman–Crippen MR) is 77.1 cm³/mol. The summed E-state index contributed by atoms with van der Waals surface area (Å²) in [6.07, 6.45) is 3.58. The highest BCUT2D eigenvalue weighted by molar-refractivity contribution is 7.98. The van der Waals surface area contributed by atoms with Crippen molar-refractivity contribution in [3.63, 3.8) is 0 Å². The van der Waals surface area contributed by atoms with Crippen LogP contribution >= 0.6 is 11.8 Å². The molecule has 0 radical (unpaired) electrons. The van der Waals surface area contributed by atoms with Crippen LogP contribution in [0.25, 0.3) is 0 Å². The summed E-state index contributed by atoms with van der Waals surface area (Å²) in [6.45, 7) is 0.630. The summed E-state index contributed by atoms with van der Waals surface area (Å²) in [5, 5.41) is 13.7. The van der Waals surface area contributed by atoms with E-state index in [1.807, 2.05) is 18.3 Å². The largest absolute Gasteiger partial charge is 0.495 e. The van der Waals surface area contributed by atoms with Gasteiger partial charge in [-0.2, -0.15) is 17.0 Å². The third kappa shape index (κ3) is 5.48. The number of aromatic nitrogens is 1. The third-order valence-corrected chi connectivity index (χ3v) is 3.17. The number of thioether (sulfide) groups is 1. The van der Waals surface area contributed by atoms with E-state index in [1.165, 1.54) is 0 Å². The summed E-state index contributed by atoms with van der Waals surface area (Å²) < 4.78 is 5.23. The highest BCUT2D eigenvalue weighted by atomic mass is 32.2. The van der Waals surface area contributed by atoms with Crippen LogP contribution in [-0.2, 0) is 5.75 Å². The zero-order valence-electron chi connectivity index (χ0n) is 11.0. The number of nitrogens with one attached hydrogen (secondary N) is 2. The van der Waals surface area contributed by atoms with Crippen LogP contribution in [0.1, 0.15) is 5.69 Å². The van der Waals surface area contributed by atoms with Gasteiger partial charge in [0, 0.05) is 24.8 Å². The summed E-state index contributed by atoms with van der Waals surface area (Å²) in [7, 11) is 3.36. The second kappa shape index (κ2) is 9.05. The molecule has 0 aliphatic carbocycles. The van der Waals surface area contributed by atoms with Gasteiger partial charge in [0.15, 0.2) is 6.19 Å². The molecule has 0 fully saturated rings. The Morgan fingerprint density at radius 3 is 3.16 bits per heavy atom. The lowest BCUT2D eigenvalue weighted by molar-refractivity contribution is 0.409. The molecule has 0 aliphatic heterocycles. The number of nitrogens with zero attached hydrogens (tertiary/aromatic N) is 3. The lowest BCUT2D eigenvalue weighted by Gasteiger charge is -2.06. The summed E-state index contributed by atoms with van der Waals surface area (Å²) >= 11 is 1.72. The molecule has 102 valence electrons. The number of aliphatic imine (C=N–C) groups is 1. The molecule has 6 nitrogen and oxygen atoms in total. The molecule has 1 rings (SSSR count). The number of nitriles is 1. The van der Waals surface area contributed by atoms with Crippen LogP contribution in [0.2, 0.25) is 0 Å². The van der Waals surface area contributed by atoms with Crippen molar-refractivity contribution < 1.29 is 4.74 Å². The maximum Gasteiger partial charge on any atom is 0.204 e. The highest BCUT2D eigenvalue weighted by Crippen LogP contribution is 2.19. The molecule has 0 amide bonds. The summed E-state index contributed by atoms with van der Waals surface area (Å²) in [5.74, 6) is 2.91. The van der Waals surface area contributed by atoms with Gasteiger partial charge in [-0.05, 0) is 12.1 Å². The molecule has 0 bridgehead atoms. The van der Waals surface area contributed by atoms with Crippen LogP contribution in [0.4, 0.5) is 0 Å². The van der Waals surface area contributed by atoms with Crippen molar-refractivity contribution in [2.24, 2.45) is 4.99 Å². The number of hydrogen-bond donors (Lipinski definition) is 2. The molecule has 2 N–H and O–H groups in total. The van der Waals surface area contributed by atoms with Crippen LogP contribution in [0.5, 0.6) is 5.75 Å². The molecule has 0 unspecified atom stereocenters. The average molecular weight is 279 g/mol. The molecular formula is C12H17N5OS. The Balaban J connectivity index is 2.33. The Morgan fingerprint density at radius 1 is 1.63 bits per heavy atom. The number of ether oxygens (including phenoxy) is 1. The van der Waals surface area contributed by atoms with Crippen LogP contribution < -0.4 is 15.4 Å². The molecule has 0 aromatic carbocycles. The fraction of sp³-hybridized carbons (Fsp3) is 0.417. The highest BCUT2D eigenvalue weighted by Gasteiger charge is 2.02. The van der Waals surface area contributed by atoms with Gasteiger partial charge in [-0.15, -0.1) is 0 Å². The molecule has 0 aliphatic rings.